The minimum absolute atomic E-state index is 0.248. The molecule has 2 heterocycles. The number of amides is 3. The molecule has 1 unspecified atom stereocenters. The molecule has 2 aromatic rings. The number of esters is 1. The highest BCUT2D eigenvalue weighted by Crippen LogP contribution is 2.22. The molecule has 0 aliphatic carbocycles. The van der Waals surface area contributed by atoms with Gasteiger partial charge in [0.2, 0.25) is 0 Å². The SMILES string of the molecule is CCOC(=O)C1CCCN(C(=O)c2csc(NC(=O)Nc3ccc(C)cc3)n2)C1. The van der Waals surface area contributed by atoms with Crippen molar-refractivity contribution in [2.75, 3.05) is 30.3 Å². The fraction of sp³-hybridized carbons (Fsp3) is 0.400. The number of carbonyl (C=O) groups is 3. The molecule has 1 aliphatic rings. The van der Waals surface area contributed by atoms with E-state index in [4.69, 9.17) is 4.74 Å². The van der Waals surface area contributed by atoms with Crippen molar-refractivity contribution in [3.05, 3.63) is 40.9 Å². The highest BCUT2D eigenvalue weighted by Gasteiger charge is 2.30. The Morgan fingerprint density at radius 2 is 2.00 bits per heavy atom. The smallest absolute Gasteiger partial charge is 0.325 e. The second kappa shape index (κ2) is 9.51. The van der Waals surface area contributed by atoms with Crippen molar-refractivity contribution < 1.29 is 19.1 Å². The molecule has 0 spiro atoms. The van der Waals surface area contributed by atoms with E-state index in [2.05, 4.69) is 15.6 Å². The first-order valence-corrected chi connectivity index (χ1v) is 10.4. The average molecular weight is 417 g/mol. The number of aryl methyl sites for hydroxylation is 1. The van der Waals surface area contributed by atoms with E-state index in [1.54, 1.807) is 17.2 Å². The summed E-state index contributed by atoms with van der Waals surface area (Å²) in [5.74, 6) is -0.815. The molecule has 3 rings (SSSR count). The number of hydrogen-bond donors (Lipinski definition) is 2. The van der Waals surface area contributed by atoms with Crippen LogP contribution < -0.4 is 10.6 Å². The van der Waals surface area contributed by atoms with Crippen LogP contribution in [0.2, 0.25) is 0 Å². The number of benzene rings is 1. The zero-order valence-electron chi connectivity index (χ0n) is 16.4. The van der Waals surface area contributed by atoms with Gasteiger partial charge < -0.3 is 15.0 Å². The largest absolute Gasteiger partial charge is 0.466 e. The number of ether oxygens (including phenoxy) is 1. The average Bonchev–Trinajstić information content (AvgIpc) is 3.17. The number of rotatable bonds is 5. The fourth-order valence-electron chi connectivity index (χ4n) is 3.10. The third kappa shape index (κ3) is 5.54. The fourth-order valence-corrected chi connectivity index (χ4v) is 3.78. The van der Waals surface area contributed by atoms with E-state index in [0.717, 1.165) is 12.0 Å². The lowest BCUT2D eigenvalue weighted by Crippen LogP contribution is -2.43. The molecule has 0 saturated carbocycles. The minimum atomic E-state index is -0.428. The second-order valence-corrected chi connectivity index (χ2v) is 7.68. The van der Waals surface area contributed by atoms with Crippen LogP contribution in [0.1, 0.15) is 35.8 Å². The maximum Gasteiger partial charge on any atom is 0.325 e. The van der Waals surface area contributed by atoms with E-state index in [1.165, 1.54) is 11.3 Å². The van der Waals surface area contributed by atoms with Crippen LogP contribution in [0.15, 0.2) is 29.6 Å². The molecule has 1 aromatic heterocycles. The van der Waals surface area contributed by atoms with E-state index >= 15 is 0 Å². The van der Waals surface area contributed by atoms with E-state index in [1.807, 2.05) is 31.2 Å². The van der Waals surface area contributed by atoms with Crippen LogP contribution in [0.25, 0.3) is 0 Å². The molecule has 1 aliphatic heterocycles. The van der Waals surface area contributed by atoms with E-state index in [9.17, 15) is 14.4 Å². The molecule has 8 nitrogen and oxygen atoms in total. The summed E-state index contributed by atoms with van der Waals surface area (Å²) in [6.45, 7) is 4.96. The Kier molecular flexibility index (Phi) is 6.82. The summed E-state index contributed by atoms with van der Waals surface area (Å²) in [5.41, 5.74) is 2.02. The van der Waals surface area contributed by atoms with Crippen molar-refractivity contribution in [1.82, 2.24) is 9.88 Å². The normalized spacial score (nSPS) is 16.2. The Hall–Kier alpha value is -2.94. The third-order valence-corrected chi connectivity index (χ3v) is 5.34. The first kappa shape index (κ1) is 20.8. The van der Waals surface area contributed by atoms with Crippen molar-refractivity contribution in [2.45, 2.75) is 26.7 Å². The van der Waals surface area contributed by atoms with Gasteiger partial charge in [0.25, 0.3) is 5.91 Å². The van der Waals surface area contributed by atoms with Crippen LogP contribution in [0, 0.1) is 12.8 Å². The standard InChI is InChI=1S/C20H24N4O4S/c1-3-28-18(26)14-5-4-10-24(11-14)17(25)16-12-29-20(22-16)23-19(27)21-15-8-6-13(2)7-9-15/h6-9,12,14H,3-5,10-11H2,1-2H3,(H2,21,22,23,27). The number of thiazole rings is 1. The molecule has 0 radical (unpaired) electrons. The molecule has 9 heteroatoms. The third-order valence-electron chi connectivity index (χ3n) is 4.58. The molecular weight excluding hydrogens is 392 g/mol. The van der Waals surface area contributed by atoms with Gasteiger partial charge in [0.1, 0.15) is 5.69 Å². The lowest BCUT2D eigenvalue weighted by atomic mass is 9.98. The molecule has 1 atom stereocenters. The lowest BCUT2D eigenvalue weighted by Gasteiger charge is -2.31. The molecule has 0 bridgehead atoms. The highest BCUT2D eigenvalue weighted by atomic mass is 32.1. The van der Waals surface area contributed by atoms with Gasteiger partial charge in [-0.3, -0.25) is 14.9 Å². The van der Waals surface area contributed by atoms with Gasteiger partial charge in [-0.05, 0) is 38.8 Å². The molecule has 1 saturated heterocycles. The molecule has 3 amide bonds. The van der Waals surface area contributed by atoms with Crippen LogP contribution >= 0.6 is 11.3 Å². The van der Waals surface area contributed by atoms with Crippen molar-refractivity contribution in [3.63, 3.8) is 0 Å². The quantitative estimate of drug-likeness (QED) is 0.727. The number of likely N-dealkylation sites (tertiary alicyclic amines) is 1. The number of carbonyl (C=O) groups excluding carboxylic acids is 3. The second-order valence-electron chi connectivity index (χ2n) is 6.83. The van der Waals surface area contributed by atoms with E-state index < -0.39 is 6.03 Å². The monoisotopic (exact) mass is 416 g/mol. The van der Waals surface area contributed by atoms with Crippen molar-refractivity contribution in [1.29, 1.82) is 0 Å². The summed E-state index contributed by atoms with van der Waals surface area (Å²) < 4.78 is 5.07. The molecule has 2 N–H and O–H groups in total. The van der Waals surface area contributed by atoms with Crippen LogP contribution in [0.4, 0.5) is 15.6 Å². The molecule has 29 heavy (non-hydrogen) atoms. The Bertz CT molecular complexity index is 881. The first-order valence-electron chi connectivity index (χ1n) is 9.52. The minimum Gasteiger partial charge on any atom is -0.466 e. The van der Waals surface area contributed by atoms with Gasteiger partial charge in [0.05, 0.1) is 12.5 Å². The van der Waals surface area contributed by atoms with E-state index in [-0.39, 0.29) is 23.5 Å². The Balaban J connectivity index is 1.57. The number of urea groups is 1. The Morgan fingerprint density at radius 1 is 1.24 bits per heavy atom. The molecular formula is C20H24N4O4S. The summed E-state index contributed by atoms with van der Waals surface area (Å²) in [5, 5.41) is 7.30. The topological polar surface area (TPSA) is 101 Å². The maximum atomic E-state index is 12.7. The molecule has 154 valence electrons. The predicted octanol–water partition coefficient (Wildman–Crippen LogP) is 3.51. The summed E-state index contributed by atoms with van der Waals surface area (Å²) in [6.07, 6.45) is 1.45. The van der Waals surface area contributed by atoms with Gasteiger partial charge in [0, 0.05) is 24.2 Å². The summed E-state index contributed by atoms with van der Waals surface area (Å²) in [4.78, 5) is 42.7. The number of anilines is 2. The van der Waals surface area contributed by atoms with Gasteiger partial charge in [-0.1, -0.05) is 17.7 Å². The van der Waals surface area contributed by atoms with Crippen molar-refractivity contribution >= 4 is 40.1 Å². The Labute approximate surface area is 173 Å². The summed E-state index contributed by atoms with van der Waals surface area (Å²) >= 11 is 1.18. The Morgan fingerprint density at radius 3 is 2.72 bits per heavy atom. The van der Waals surface area contributed by atoms with Crippen molar-refractivity contribution in [3.8, 4) is 0 Å². The summed E-state index contributed by atoms with van der Waals surface area (Å²) in [7, 11) is 0. The highest BCUT2D eigenvalue weighted by molar-refractivity contribution is 7.14. The lowest BCUT2D eigenvalue weighted by molar-refractivity contribution is -0.149. The zero-order chi connectivity index (χ0) is 20.8. The number of nitrogens with one attached hydrogen (secondary N) is 2. The number of hydrogen-bond acceptors (Lipinski definition) is 6. The van der Waals surface area contributed by atoms with Gasteiger partial charge in [-0.25, -0.2) is 9.78 Å². The number of aromatic nitrogens is 1. The maximum absolute atomic E-state index is 12.7. The van der Waals surface area contributed by atoms with Gasteiger partial charge in [-0.2, -0.15) is 0 Å². The first-order chi connectivity index (χ1) is 14.0. The van der Waals surface area contributed by atoms with Gasteiger partial charge in [0.15, 0.2) is 5.13 Å². The van der Waals surface area contributed by atoms with Crippen LogP contribution in [-0.4, -0.2) is 47.5 Å². The van der Waals surface area contributed by atoms with Gasteiger partial charge >= 0.3 is 12.0 Å². The zero-order valence-corrected chi connectivity index (χ0v) is 17.3. The molecule has 1 aromatic carbocycles. The molecule has 1 fully saturated rings. The van der Waals surface area contributed by atoms with E-state index in [0.29, 0.717) is 36.9 Å². The predicted molar refractivity (Wildman–Crippen MR) is 111 cm³/mol. The van der Waals surface area contributed by atoms with Crippen molar-refractivity contribution in [2.24, 2.45) is 5.92 Å². The summed E-state index contributed by atoms with van der Waals surface area (Å²) in [6, 6.07) is 6.99. The van der Waals surface area contributed by atoms with Crippen LogP contribution in [-0.2, 0) is 9.53 Å². The van der Waals surface area contributed by atoms with Crippen LogP contribution in [0.5, 0.6) is 0 Å². The van der Waals surface area contributed by atoms with Gasteiger partial charge in [-0.15, -0.1) is 11.3 Å². The number of piperidine rings is 1. The van der Waals surface area contributed by atoms with Crippen LogP contribution in [0.3, 0.4) is 0 Å². The number of nitrogens with zero attached hydrogens (tertiary/aromatic N) is 2.